The highest BCUT2D eigenvalue weighted by atomic mass is 19.1. The number of alkyl halides is 1. The minimum Gasteiger partial charge on any atom is -0.334 e. The first-order chi connectivity index (χ1) is 4.33. The predicted molar refractivity (Wildman–Crippen MR) is 31.4 cm³/mol. The Morgan fingerprint density at radius 1 is 1.44 bits per heavy atom. The Labute approximate surface area is 53.6 Å². The molecule has 1 saturated heterocycles. The molecule has 0 aromatic carbocycles. The number of carbonyl (C=O) groups excluding carboxylic acids is 1. The van der Waals surface area contributed by atoms with Gasteiger partial charge in [0.1, 0.15) is 6.17 Å². The molecule has 3 heteroatoms. The van der Waals surface area contributed by atoms with E-state index in [9.17, 15) is 9.18 Å². The average molecular weight is 130 g/mol. The topological polar surface area (TPSA) is 20.3 Å². The number of rotatable bonds is 1. The van der Waals surface area contributed by atoms with E-state index in [2.05, 4.69) is 0 Å². The first kappa shape index (κ1) is 6.52. The van der Waals surface area contributed by atoms with Crippen LogP contribution in [0.15, 0.2) is 0 Å². The molecule has 0 unspecified atom stereocenters. The van der Waals surface area contributed by atoms with Crippen LogP contribution in [0, 0.1) is 0 Å². The van der Waals surface area contributed by atoms with Gasteiger partial charge in [-0.05, 0) is 12.8 Å². The molecule has 1 aliphatic heterocycles. The van der Waals surface area contributed by atoms with E-state index < -0.39 is 6.17 Å². The Bertz CT molecular complexity index is 99.2. The van der Waals surface area contributed by atoms with E-state index >= 15 is 0 Å². The molecule has 0 bridgehead atoms. The second-order valence-electron chi connectivity index (χ2n) is 2.25. The summed E-state index contributed by atoms with van der Waals surface area (Å²) in [5.74, 6) is 0. The van der Waals surface area contributed by atoms with Crippen LogP contribution in [0.4, 0.5) is 4.39 Å². The van der Waals surface area contributed by atoms with Crippen molar-refractivity contribution in [3.63, 3.8) is 0 Å². The van der Waals surface area contributed by atoms with Gasteiger partial charge in [-0.3, -0.25) is 4.79 Å². The van der Waals surface area contributed by atoms with E-state index in [0.29, 0.717) is 25.9 Å². The van der Waals surface area contributed by atoms with E-state index in [-0.39, 0.29) is 0 Å². The van der Waals surface area contributed by atoms with Crippen LogP contribution >= 0.6 is 0 Å². The second kappa shape index (κ2) is 2.80. The van der Waals surface area contributed by atoms with Crippen LogP contribution in [-0.4, -0.2) is 30.6 Å². The molecule has 0 aromatic heterocycles. The number of hydrogen-bond donors (Lipinski definition) is 0. The normalized spacial score (nSPS) is 22.1. The van der Waals surface area contributed by atoms with E-state index in [1.807, 2.05) is 0 Å². The summed E-state index contributed by atoms with van der Waals surface area (Å²) in [5, 5.41) is 0. The summed E-state index contributed by atoms with van der Waals surface area (Å²) in [7, 11) is 0. The van der Waals surface area contributed by atoms with Crippen molar-refractivity contribution in [2.75, 3.05) is 13.1 Å². The van der Waals surface area contributed by atoms with Gasteiger partial charge in [-0.1, -0.05) is 0 Å². The molecular formula is C6H9FNO. The molecular weight excluding hydrogens is 121 g/mol. The Kier molecular flexibility index (Phi) is 2.03. The summed E-state index contributed by atoms with van der Waals surface area (Å²) in [6.45, 7) is 1.06. The van der Waals surface area contributed by atoms with Crippen molar-refractivity contribution in [2.24, 2.45) is 0 Å². The van der Waals surface area contributed by atoms with Crippen LogP contribution in [-0.2, 0) is 4.79 Å². The van der Waals surface area contributed by atoms with Gasteiger partial charge in [-0.2, -0.15) is 0 Å². The molecule has 0 atom stereocenters. The van der Waals surface area contributed by atoms with Gasteiger partial charge >= 0.3 is 6.41 Å². The molecule has 9 heavy (non-hydrogen) atoms. The molecule has 0 aromatic rings. The molecule has 0 spiro atoms. The maximum Gasteiger partial charge on any atom is 0.312 e. The zero-order chi connectivity index (χ0) is 6.69. The molecule has 0 N–H and O–H groups in total. The van der Waals surface area contributed by atoms with E-state index in [1.165, 1.54) is 4.90 Å². The standard InChI is InChI=1S/C6H9FNO/c7-6-1-3-8(5-9)4-2-6/h6H,1-4H2. The monoisotopic (exact) mass is 130 g/mol. The van der Waals surface area contributed by atoms with Crippen molar-refractivity contribution in [1.29, 1.82) is 0 Å². The summed E-state index contributed by atoms with van der Waals surface area (Å²) in [6.07, 6.45) is 2.00. The third-order valence-corrected chi connectivity index (χ3v) is 1.55. The first-order valence-electron chi connectivity index (χ1n) is 3.09. The fraction of sp³-hybridized carbons (Fsp3) is 0.833. The van der Waals surface area contributed by atoms with Gasteiger partial charge in [0, 0.05) is 13.1 Å². The highest BCUT2D eigenvalue weighted by Crippen LogP contribution is 2.10. The van der Waals surface area contributed by atoms with Crippen molar-refractivity contribution in [1.82, 2.24) is 4.90 Å². The van der Waals surface area contributed by atoms with Crippen LogP contribution in [0.5, 0.6) is 0 Å². The molecule has 1 radical (unpaired) electrons. The molecule has 2 nitrogen and oxygen atoms in total. The van der Waals surface area contributed by atoms with E-state index in [0.717, 1.165) is 0 Å². The van der Waals surface area contributed by atoms with Gasteiger partial charge in [0.15, 0.2) is 0 Å². The lowest BCUT2D eigenvalue weighted by Crippen LogP contribution is -2.32. The first-order valence-corrected chi connectivity index (χ1v) is 3.09. The van der Waals surface area contributed by atoms with Gasteiger partial charge in [-0.15, -0.1) is 0 Å². The fourth-order valence-electron chi connectivity index (χ4n) is 0.939. The van der Waals surface area contributed by atoms with Crippen molar-refractivity contribution < 1.29 is 9.18 Å². The Hall–Kier alpha value is -0.600. The van der Waals surface area contributed by atoms with Gasteiger partial charge in [0.2, 0.25) is 0 Å². The lowest BCUT2D eigenvalue weighted by Gasteiger charge is -2.23. The quantitative estimate of drug-likeness (QED) is 0.505. The molecule has 0 aliphatic carbocycles. The summed E-state index contributed by atoms with van der Waals surface area (Å²) in [5.41, 5.74) is 0. The third-order valence-electron chi connectivity index (χ3n) is 1.55. The maximum atomic E-state index is 12.3. The van der Waals surface area contributed by atoms with Gasteiger partial charge < -0.3 is 4.90 Å². The highest BCUT2D eigenvalue weighted by molar-refractivity contribution is 5.48. The maximum absolute atomic E-state index is 12.3. The Balaban J connectivity index is 2.26. The molecule has 0 saturated carbocycles. The molecule has 1 fully saturated rings. The second-order valence-corrected chi connectivity index (χ2v) is 2.25. The molecule has 1 aliphatic rings. The van der Waals surface area contributed by atoms with Crippen molar-refractivity contribution in [3.8, 4) is 0 Å². The number of nitrogens with zero attached hydrogens (tertiary/aromatic N) is 1. The number of halogens is 1. The van der Waals surface area contributed by atoms with Crippen LogP contribution in [0.2, 0.25) is 0 Å². The molecule has 1 heterocycles. The zero-order valence-electron chi connectivity index (χ0n) is 5.14. The minimum absolute atomic E-state index is 0.481. The minimum atomic E-state index is -0.699. The average Bonchev–Trinajstić information content (AvgIpc) is 1.90. The predicted octanol–water partition coefficient (Wildman–Crippen LogP) is 0.488. The number of amides is 1. The summed E-state index contributed by atoms with van der Waals surface area (Å²) in [6, 6.07) is 0. The highest BCUT2D eigenvalue weighted by Gasteiger charge is 2.16. The molecule has 1 amide bonds. The van der Waals surface area contributed by atoms with E-state index in [1.54, 1.807) is 6.41 Å². The zero-order valence-corrected chi connectivity index (χ0v) is 5.14. The smallest absolute Gasteiger partial charge is 0.312 e. The summed E-state index contributed by atoms with van der Waals surface area (Å²) >= 11 is 0. The van der Waals surface area contributed by atoms with Crippen LogP contribution in [0.25, 0.3) is 0 Å². The van der Waals surface area contributed by atoms with Crippen molar-refractivity contribution >= 4 is 6.41 Å². The molecule has 1 rings (SSSR count). The number of hydrogen-bond acceptors (Lipinski definition) is 1. The van der Waals surface area contributed by atoms with Crippen LogP contribution < -0.4 is 0 Å². The Morgan fingerprint density at radius 2 is 2.00 bits per heavy atom. The number of piperidine rings is 1. The SMILES string of the molecule is O=[C]N1CCC(F)CC1. The van der Waals surface area contributed by atoms with Crippen LogP contribution in [0.3, 0.4) is 0 Å². The van der Waals surface area contributed by atoms with E-state index in [4.69, 9.17) is 0 Å². The molecule has 51 valence electrons. The summed E-state index contributed by atoms with van der Waals surface area (Å²) < 4.78 is 12.3. The lowest BCUT2D eigenvalue weighted by molar-refractivity contribution is 0.200. The van der Waals surface area contributed by atoms with Gasteiger partial charge in [-0.25, -0.2) is 4.39 Å². The summed E-state index contributed by atoms with van der Waals surface area (Å²) in [4.78, 5) is 11.4. The van der Waals surface area contributed by atoms with Crippen molar-refractivity contribution in [2.45, 2.75) is 19.0 Å². The third kappa shape index (κ3) is 1.66. The Morgan fingerprint density at radius 3 is 2.44 bits per heavy atom. The lowest BCUT2D eigenvalue weighted by atomic mass is 10.1. The number of likely N-dealkylation sites (tertiary alicyclic amines) is 1. The van der Waals surface area contributed by atoms with Crippen molar-refractivity contribution in [3.05, 3.63) is 0 Å². The largest absolute Gasteiger partial charge is 0.334 e. The fourth-order valence-corrected chi connectivity index (χ4v) is 0.939. The van der Waals surface area contributed by atoms with Gasteiger partial charge in [0.05, 0.1) is 0 Å². The van der Waals surface area contributed by atoms with Crippen LogP contribution in [0.1, 0.15) is 12.8 Å². The van der Waals surface area contributed by atoms with Gasteiger partial charge in [0.25, 0.3) is 0 Å².